The highest BCUT2D eigenvalue weighted by Crippen LogP contribution is 2.25. The van der Waals surface area contributed by atoms with Gasteiger partial charge in [0.15, 0.2) is 15.8 Å². The van der Waals surface area contributed by atoms with Crippen LogP contribution in [0.15, 0.2) is 23.2 Å². The normalized spacial score (nSPS) is 18.8. The molecule has 2 N–H and O–H groups in total. The number of hydrogen-bond donors (Lipinski definition) is 2. The van der Waals surface area contributed by atoms with Crippen molar-refractivity contribution < 1.29 is 18.3 Å². The standard InChI is InChI=1S/C17H27N3O4S.HI/c1-5-18-16(20-8-9-25(22,23)17(2,3)12-20)19-11-13-10-14(24-4)6-7-15(13)21;/h6-7,10,21H,5,8-9,11-12H2,1-4H3,(H,18,19);1H. The fraction of sp³-hybridized carbons (Fsp3) is 0.588. The van der Waals surface area contributed by atoms with Crippen LogP contribution in [0.1, 0.15) is 26.3 Å². The number of halogens is 1. The number of guanidine groups is 1. The van der Waals surface area contributed by atoms with E-state index in [1.807, 2.05) is 11.8 Å². The molecule has 1 saturated heterocycles. The van der Waals surface area contributed by atoms with Crippen molar-refractivity contribution in [3.8, 4) is 11.5 Å². The van der Waals surface area contributed by atoms with Gasteiger partial charge in [-0.15, -0.1) is 24.0 Å². The average Bonchev–Trinajstić information content (AvgIpc) is 2.55. The topological polar surface area (TPSA) is 91.2 Å². The minimum absolute atomic E-state index is 0. The van der Waals surface area contributed by atoms with Crippen molar-refractivity contribution in [1.29, 1.82) is 0 Å². The van der Waals surface area contributed by atoms with Gasteiger partial charge < -0.3 is 20.1 Å². The molecule has 1 aromatic rings. The summed E-state index contributed by atoms with van der Waals surface area (Å²) in [4.78, 5) is 6.54. The summed E-state index contributed by atoms with van der Waals surface area (Å²) in [5, 5.41) is 13.2. The SMILES string of the molecule is CCNC(=NCc1cc(OC)ccc1O)N1CCS(=O)(=O)C(C)(C)C1.I. The van der Waals surface area contributed by atoms with Crippen molar-refractivity contribution in [2.45, 2.75) is 32.1 Å². The van der Waals surface area contributed by atoms with Gasteiger partial charge in [-0.1, -0.05) is 0 Å². The number of phenols is 1. The Morgan fingerprint density at radius 2 is 2.12 bits per heavy atom. The third-order valence-electron chi connectivity index (χ3n) is 4.36. The highest BCUT2D eigenvalue weighted by Gasteiger charge is 2.40. The molecular weight excluding hydrogens is 469 g/mol. The molecule has 0 spiro atoms. The summed E-state index contributed by atoms with van der Waals surface area (Å²) in [5.41, 5.74) is 0.652. The van der Waals surface area contributed by atoms with Gasteiger partial charge in [0.25, 0.3) is 0 Å². The molecule has 0 amide bonds. The van der Waals surface area contributed by atoms with Crippen LogP contribution in [0.2, 0.25) is 0 Å². The van der Waals surface area contributed by atoms with E-state index >= 15 is 0 Å². The summed E-state index contributed by atoms with van der Waals surface area (Å²) in [6.07, 6.45) is 0. The molecule has 0 radical (unpaired) electrons. The molecule has 0 saturated carbocycles. The molecule has 0 atom stereocenters. The molecule has 26 heavy (non-hydrogen) atoms. The predicted molar refractivity (Wildman–Crippen MR) is 114 cm³/mol. The molecule has 1 aromatic carbocycles. The summed E-state index contributed by atoms with van der Waals surface area (Å²) >= 11 is 0. The zero-order valence-corrected chi connectivity index (χ0v) is 18.8. The van der Waals surface area contributed by atoms with Crippen molar-refractivity contribution >= 4 is 39.8 Å². The van der Waals surface area contributed by atoms with Gasteiger partial charge >= 0.3 is 0 Å². The fourth-order valence-corrected chi connectivity index (χ4v) is 4.09. The molecule has 0 aromatic heterocycles. The van der Waals surface area contributed by atoms with Gasteiger partial charge in [0.1, 0.15) is 11.5 Å². The zero-order chi connectivity index (χ0) is 18.7. The Balaban J connectivity index is 0.00000338. The molecule has 1 heterocycles. The largest absolute Gasteiger partial charge is 0.508 e. The first kappa shape index (κ1) is 22.8. The number of ether oxygens (including phenoxy) is 1. The number of benzene rings is 1. The van der Waals surface area contributed by atoms with E-state index in [2.05, 4.69) is 10.3 Å². The first-order valence-electron chi connectivity index (χ1n) is 8.31. The van der Waals surface area contributed by atoms with Crippen LogP contribution in [0, 0.1) is 0 Å². The van der Waals surface area contributed by atoms with Gasteiger partial charge in [0, 0.05) is 25.2 Å². The van der Waals surface area contributed by atoms with Gasteiger partial charge in [0.05, 0.1) is 24.2 Å². The van der Waals surface area contributed by atoms with Crippen molar-refractivity contribution in [2.24, 2.45) is 4.99 Å². The molecule has 1 fully saturated rings. The van der Waals surface area contributed by atoms with Crippen LogP contribution in [0.25, 0.3) is 0 Å². The number of rotatable bonds is 4. The second kappa shape index (κ2) is 9.12. The number of sulfone groups is 1. The molecule has 148 valence electrons. The lowest BCUT2D eigenvalue weighted by Gasteiger charge is -2.39. The molecule has 2 rings (SSSR count). The lowest BCUT2D eigenvalue weighted by Crippen LogP contribution is -2.57. The van der Waals surface area contributed by atoms with E-state index in [4.69, 9.17) is 4.74 Å². The molecule has 1 aliphatic rings. The van der Waals surface area contributed by atoms with E-state index in [1.165, 1.54) is 0 Å². The van der Waals surface area contributed by atoms with E-state index in [1.54, 1.807) is 39.2 Å². The molecule has 9 heteroatoms. The van der Waals surface area contributed by atoms with E-state index in [-0.39, 0.29) is 42.0 Å². The lowest BCUT2D eigenvalue weighted by molar-refractivity contribution is 0.353. The van der Waals surface area contributed by atoms with Gasteiger partial charge in [-0.05, 0) is 39.0 Å². The lowest BCUT2D eigenvalue weighted by atomic mass is 10.2. The van der Waals surface area contributed by atoms with Gasteiger partial charge in [0.2, 0.25) is 0 Å². The number of nitrogens with one attached hydrogen (secondary N) is 1. The fourth-order valence-electron chi connectivity index (χ4n) is 2.73. The van der Waals surface area contributed by atoms with Crippen molar-refractivity contribution in [2.75, 3.05) is 32.5 Å². The maximum Gasteiger partial charge on any atom is 0.194 e. The van der Waals surface area contributed by atoms with Crippen LogP contribution >= 0.6 is 24.0 Å². The Morgan fingerprint density at radius 1 is 1.42 bits per heavy atom. The van der Waals surface area contributed by atoms with E-state index in [9.17, 15) is 13.5 Å². The number of aromatic hydroxyl groups is 1. The molecular formula is C17H28IN3O4S. The minimum atomic E-state index is -3.11. The minimum Gasteiger partial charge on any atom is -0.508 e. The summed E-state index contributed by atoms with van der Waals surface area (Å²) in [6, 6.07) is 5.01. The first-order valence-corrected chi connectivity index (χ1v) is 9.97. The van der Waals surface area contributed by atoms with Crippen molar-refractivity contribution in [3.63, 3.8) is 0 Å². The van der Waals surface area contributed by atoms with E-state index in [0.717, 1.165) is 0 Å². The maximum atomic E-state index is 12.2. The van der Waals surface area contributed by atoms with Gasteiger partial charge in [-0.2, -0.15) is 0 Å². The van der Waals surface area contributed by atoms with Crippen molar-refractivity contribution in [3.05, 3.63) is 23.8 Å². The van der Waals surface area contributed by atoms with Crippen LogP contribution in [0.4, 0.5) is 0 Å². The first-order chi connectivity index (χ1) is 11.7. The Bertz CT molecular complexity index is 750. The monoisotopic (exact) mass is 497 g/mol. The molecule has 0 aliphatic carbocycles. The molecule has 7 nitrogen and oxygen atoms in total. The van der Waals surface area contributed by atoms with Crippen LogP contribution in [0.3, 0.4) is 0 Å². The summed E-state index contributed by atoms with van der Waals surface area (Å²) in [5.74, 6) is 1.56. The quantitative estimate of drug-likeness (QED) is 0.376. The summed E-state index contributed by atoms with van der Waals surface area (Å²) in [6.45, 7) is 7.18. The summed E-state index contributed by atoms with van der Waals surface area (Å²) in [7, 11) is -1.54. The Kier molecular flexibility index (Phi) is 8.00. The maximum absolute atomic E-state index is 12.2. The van der Waals surface area contributed by atoms with Crippen LogP contribution in [-0.4, -0.2) is 61.6 Å². The van der Waals surface area contributed by atoms with E-state index < -0.39 is 14.6 Å². The number of methoxy groups -OCH3 is 1. The van der Waals surface area contributed by atoms with Crippen LogP contribution < -0.4 is 10.1 Å². The zero-order valence-electron chi connectivity index (χ0n) is 15.7. The second-order valence-corrected chi connectivity index (χ2v) is 9.41. The highest BCUT2D eigenvalue weighted by molar-refractivity contribution is 14.0. The number of nitrogens with zero attached hydrogens (tertiary/aromatic N) is 2. The highest BCUT2D eigenvalue weighted by atomic mass is 127. The number of aliphatic imine (C=N–C) groups is 1. The number of phenolic OH excluding ortho intramolecular Hbond substituents is 1. The number of hydrogen-bond acceptors (Lipinski definition) is 5. The molecule has 0 bridgehead atoms. The predicted octanol–water partition coefficient (Wildman–Crippen LogP) is 1.99. The Labute approximate surface area is 172 Å². The third-order valence-corrected chi connectivity index (χ3v) is 6.90. The van der Waals surface area contributed by atoms with Crippen LogP contribution in [0.5, 0.6) is 11.5 Å². The molecule has 1 aliphatic heterocycles. The van der Waals surface area contributed by atoms with Crippen LogP contribution in [-0.2, 0) is 16.4 Å². The smallest absolute Gasteiger partial charge is 0.194 e. The third kappa shape index (κ3) is 5.15. The molecule has 0 unspecified atom stereocenters. The van der Waals surface area contributed by atoms with Gasteiger partial charge in [-0.3, -0.25) is 0 Å². The second-order valence-electron chi connectivity index (χ2n) is 6.66. The average molecular weight is 497 g/mol. The Hall–Kier alpha value is -1.23. The summed E-state index contributed by atoms with van der Waals surface area (Å²) < 4.78 is 28.7. The van der Waals surface area contributed by atoms with E-state index in [0.29, 0.717) is 36.9 Å². The Morgan fingerprint density at radius 3 is 2.69 bits per heavy atom. The van der Waals surface area contributed by atoms with Crippen molar-refractivity contribution in [1.82, 2.24) is 10.2 Å². The van der Waals surface area contributed by atoms with Gasteiger partial charge in [-0.25, -0.2) is 13.4 Å².